The highest BCUT2D eigenvalue weighted by molar-refractivity contribution is 7.47. The van der Waals surface area contributed by atoms with Crippen molar-refractivity contribution in [1.82, 2.24) is 0 Å². The van der Waals surface area contributed by atoms with Crippen LogP contribution in [0.25, 0.3) is 0 Å². The van der Waals surface area contributed by atoms with Crippen molar-refractivity contribution in [3.05, 3.63) is 97.2 Å². The normalized spacial score (nSPS) is 14.9. The number of carbonyl (C=O) groups excluding carboxylic acids is 2. The Bertz CT molecular complexity index is 1370. The fourth-order valence-electron chi connectivity index (χ4n) is 5.48. The maximum Gasteiger partial charge on any atom is 0.472 e. The maximum absolute atomic E-state index is 12.7. The van der Waals surface area contributed by atoms with Gasteiger partial charge in [0.25, 0.3) is 0 Å². The number of quaternary nitrogens is 1. The first kappa shape index (κ1) is 57.9. The molecule has 3 atom stereocenters. The van der Waals surface area contributed by atoms with Crippen LogP contribution in [0.1, 0.15) is 149 Å². The fraction of sp³-hybridized carbons (Fsp3) is 0.640. The standard InChI is InChI=1S/C50H84NO9P/c1-6-8-10-12-14-15-16-17-18-19-20-21-22-23-24-25-29-34-38-42-50(54)60-48(46-59-61(55,56)58-44-43-51(3,4)5)45-57-49(53)41-37-33-30-26-28-32-36-40-47(52)39-35-31-27-13-11-9-7-2/h14-15,17-18,20-21,23-24,26-27,30-32,35-36,39,47-48,52H,6-13,16,19,22,25,28-29,33-34,37-38,40-46H2,1-5H3/p+1/b15-14-,18-17-,21-20-,24-23-,30-26+,31-27-,36-32-,39-35-/t47-,48-/m1/s1. The summed E-state index contributed by atoms with van der Waals surface area (Å²) in [5, 5.41) is 10.1. The van der Waals surface area contributed by atoms with Gasteiger partial charge in [0.2, 0.25) is 0 Å². The number of esters is 2. The average molecular weight is 875 g/mol. The van der Waals surface area contributed by atoms with Gasteiger partial charge in [-0.3, -0.25) is 18.6 Å². The van der Waals surface area contributed by atoms with Crippen LogP contribution in [0.4, 0.5) is 0 Å². The molecule has 10 nitrogen and oxygen atoms in total. The summed E-state index contributed by atoms with van der Waals surface area (Å²) in [5.41, 5.74) is 0. The molecule has 0 saturated heterocycles. The van der Waals surface area contributed by atoms with E-state index in [1.54, 1.807) is 6.08 Å². The van der Waals surface area contributed by atoms with E-state index in [2.05, 4.69) is 68.5 Å². The highest BCUT2D eigenvalue weighted by Crippen LogP contribution is 2.43. The molecule has 0 saturated carbocycles. The number of phosphoric ester groups is 1. The number of ether oxygens (including phenoxy) is 2. The number of likely N-dealkylation sites (N-methyl/N-ethyl adjacent to an activating group) is 1. The molecule has 61 heavy (non-hydrogen) atoms. The summed E-state index contributed by atoms with van der Waals surface area (Å²) in [6.07, 6.45) is 50.6. The zero-order valence-electron chi connectivity index (χ0n) is 38.7. The number of carbonyl (C=O) groups is 2. The first-order valence-corrected chi connectivity index (χ1v) is 24.6. The third kappa shape index (κ3) is 44.7. The third-order valence-electron chi connectivity index (χ3n) is 9.17. The number of hydrogen-bond acceptors (Lipinski definition) is 8. The van der Waals surface area contributed by atoms with Crippen molar-refractivity contribution in [1.29, 1.82) is 0 Å². The molecule has 0 radical (unpaired) electrons. The van der Waals surface area contributed by atoms with E-state index in [4.69, 9.17) is 18.5 Å². The molecule has 11 heteroatoms. The molecule has 1 unspecified atom stereocenters. The number of nitrogens with zero attached hydrogens (tertiary/aromatic N) is 1. The van der Waals surface area contributed by atoms with Gasteiger partial charge in [-0.25, -0.2) is 4.57 Å². The van der Waals surface area contributed by atoms with Crippen molar-refractivity contribution < 1.29 is 47.2 Å². The van der Waals surface area contributed by atoms with Crippen LogP contribution in [0.2, 0.25) is 0 Å². The van der Waals surface area contributed by atoms with Crippen LogP contribution < -0.4 is 0 Å². The molecule has 0 rings (SSSR count). The Balaban J connectivity index is 4.57. The summed E-state index contributed by atoms with van der Waals surface area (Å²) >= 11 is 0. The van der Waals surface area contributed by atoms with E-state index in [9.17, 15) is 24.2 Å². The zero-order chi connectivity index (χ0) is 45.1. The van der Waals surface area contributed by atoms with Crippen LogP contribution in [0.5, 0.6) is 0 Å². The molecular weight excluding hydrogens is 790 g/mol. The van der Waals surface area contributed by atoms with E-state index in [1.165, 1.54) is 44.9 Å². The second-order valence-corrected chi connectivity index (χ2v) is 17.7. The van der Waals surface area contributed by atoms with Crippen molar-refractivity contribution in [2.24, 2.45) is 0 Å². The van der Waals surface area contributed by atoms with Gasteiger partial charge in [-0.1, -0.05) is 143 Å². The van der Waals surface area contributed by atoms with Gasteiger partial charge >= 0.3 is 19.8 Å². The van der Waals surface area contributed by atoms with Gasteiger partial charge in [-0.05, 0) is 89.9 Å². The number of aliphatic hydroxyl groups is 1. The molecule has 0 spiro atoms. The molecule has 0 aliphatic heterocycles. The number of phosphoric acid groups is 1. The third-order valence-corrected chi connectivity index (χ3v) is 10.2. The summed E-state index contributed by atoms with van der Waals surface area (Å²) in [6, 6.07) is 0. The number of aliphatic hydroxyl groups excluding tert-OH is 1. The lowest BCUT2D eigenvalue weighted by Gasteiger charge is -2.24. The quantitative estimate of drug-likeness (QED) is 0.0154. The minimum absolute atomic E-state index is 0.000592. The van der Waals surface area contributed by atoms with Crippen LogP contribution in [-0.2, 0) is 32.7 Å². The van der Waals surface area contributed by atoms with Crippen molar-refractivity contribution in [2.45, 2.75) is 161 Å². The summed E-state index contributed by atoms with van der Waals surface area (Å²) in [6.45, 7) is 4.14. The topological polar surface area (TPSA) is 129 Å². The second kappa shape index (κ2) is 40.9. The van der Waals surface area contributed by atoms with E-state index in [0.717, 1.165) is 51.4 Å². The lowest BCUT2D eigenvalue weighted by atomic mass is 10.1. The van der Waals surface area contributed by atoms with Crippen LogP contribution in [0, 0.1) is 0 Å². The summed E-state index contributed by atoms with van der Waals surface area (Å²) in [5.74, 6) is -0.952. The van der Waals surface area contributed by atoms with E-state index >= 15 is 0 Å². The highest BCUT2D eigenvalue weighted by Gasteiger charge is 2.27. The van der Waals surface area contributed by atoms with E-state index < -0.39 is 38.6 Å². The largest absolute Gasteiger partial charge is 0.472 e. The van der Waals surface area contributed by atoms with Gasteiger partial charge in [0, 0.05) is 12.8 Å². The van der Waals surface area contributed by atoms with Crippen molar-refractivity contribution >= 4 is 19.8 Å². The van der Waals surface area contributed by atoms with Crippen LogP contribution in [0.3, 0.4) is 0 Å². The smallest absolute Gasteiger partial charge is 0.462 e. The molecule has 2 N–H and O–H groups in total. The van der Waals surface area contributed by atoms with Crippen molar-refractivity contribution in [3.63, 3.8) is 0 Å². The Morgan fingerprint density at radius 3 is 1.67 bits per heavy atom. The minimum atomic E-state index is -4.42. The van der Waals surface area contributed by atoms with Gasteiger partial charge in [-0.15, -0.1) is 0 Å². The van der Waals surface area contributed by atoms with E-state index in [-0.39, 0.29) is 26.1 Å². The summed E-state index contributed by atoms with van der Waals surface area (Å²) in [7, 11) is 1.37. The fourth-order valence-corrected chi connectivity index (χ4v) is 6.22. The molecule has 0 aromatic rings. The minimum Gasteiger partial charge on any atom is -0.462 e. The Morgan fingerprint density at radius 1 is 0.590 bits per heavy atom. The van der Waals surface area contributed by atoms with Gasteiger partial charge in [0.15, 0.2) is 6.10 Å². The Morgan fingerprint density at radius 2 is 1.10 bits per heavy atom. The average Bonchev–Trinajstić information content (AvgIpc) is 3.21. The van der Waals surface area contributed by atoms with Crippen molar-refractivity contribution in [2.75, 3.05) is 47.5 Å². The SMILES string of the molecule is CCCCC/C=C\C=C/[C@@H](O)C/C=C\C/C=C/CCCC(=O)OC[C@H](COP(=O)(O)OCC[N+](C)(C)C)OC(=O)CCCCC/C=C\C/C=C\C/C=C\C/C=C\CCCCC. The first-order valence-electron chi connectivity index (χ1n) is 23.1. The number of rotatable bonds is 40. The predicted octanol–water partition coefficient (Wildman–Crippen LogP) is 12.3. The van der Waals surface area contributed by atoms with Crippen LogP contribution in [-0.4, -0.2) is 86.1 Å². The molecule has 0 aliphatic carbocycles. The van der Waals surface area contributed by atoms with Crippen LogP contribution >= 0.6 is 7.82 Å². The van der Waals surface area contributed by atoms with Crippen LogP contribution in [0.15, 0.2) is 97.2 Å². The molecule has 348 valence electrons. The lowest BCUT2D eigenvalue weighted by Crippen LogP contribution is -2.37. The van der Waals surface area contributed by atoms with Gasteiger partial charge < -0.3 is 24.0 Å². The Labute approximate surface area is 371 Å². The van der Waals surface area contributed by atoms with Gasteiger partial charge in [0.1, 0.15) is 19.8 Å². The molecule has 0 aromatic heterocycles. The number of unbranched alkanes of at least 4 members (excludes halogenated alkanes) is 10. The zero-order valence-corrected chi connectivity index (χ0v) is 39.6. The summed E-state index contributed by atoms with van der Waals surface area (Å²) in [4.78, 5) is 35.4. The highest BCUT2D eigenvalue weighted by atomic mass is 31.2. The monoisotopic (exact) mass is 875 g/mol. The summed E-state index contributed by atoms with van der Waals surface area (Å²) < 4.78 is 34.2. The predicted molar refractivity (Wildman–Crippen MR) is 253 cm³/mol. The molecule has 0 aromatic carbocycles. The van der Waals surface area contributed by atoms with Crippen molar-refractivity contribution in [3.8, 4) is 0 Å². The van der Waals surface area contributed by atoms with E-state index in [0.29, 0.717) is 36.7 Å². The molecule has 0 aliphatic rings. The van der Waals surface area contributed by atoms with E-state index in [1.807, 2.05) is 57.6 Å². The molecule has 0 amide bonds. The van der Waals surface area contributed by atoms with Gasteiger partial charge in [0.05, 0.1) is 33.9 Å². The maximum atomic E-state index is 12.7. The second-order valence-electron chi connectivity index (χ2n) is 16.3. The molecular formula is C50H85NO9P+. The Kier molecular flexibility index (Phi) is 38.8. The molecule has 0 bridgehead atoms. The Hall–Kier alpha value is -3.11. The molecule has 0 fully saturated rings. The molecule has 0 heterocycles. The van der Waals surface area contributed by atoms with Gasteiger partial charge in [-0.2, -0.15) is 0 Å². The lowest BCUT2D eigenvalue weighted by molar-refractivity contribution is -0.870. The number of allylic oxidation sites excluding steroid dienone is 14. The number of hydrogen-bond donors (Lipinski definition) is 2. The first-order chi connectivity index (χ1) is 29.4.